The molecular formula is C23H22F3N3O5. The Hall–Kier alpha value is -3.60. The quantitative estimate of drug-likeness (QED) is 0.500. The molecule has 34 heavy (non-hydrogen) atoms. The van der Waals surface area contributed by atoms with Crippen LogP contribution < -0.4 is 15.8 Å². The third-order valence-electron chi connectivity index (χ3n) is 5.95. The average molecular weight is 477 g/mol. The van der Waals surface area contributed by atoms with Crippen LogP contribution in [0.4, 0.5) is 13.2 Å². The van der Waals surface area contributed by atoms with E-state index in [1.165, 1.54) is 13.0 Å². The third kappa shape index (κ3) is 4.07. The zero-order valence-electron chi connectivity index (χ0n) is 18.3. The molecule has 2 heterocycles. The van der Waals surface area contributed by atoms with Crippen molar-refractivity contribution in [2.45, 2.75) is 44.5 Å². The Labute approximate surface area is 191 Å². The standard InChI is InChI=1S/C23H22F3N3O5/c1-11-18(20(31)29-22(2,10-30)21(27)32)15-9-12(3-5-17(15)33-11)34-16-6-4-14-13(16)7-8-28-19(14)23(24,25)26/h3,5,7-9,16,30H,4,6,10H2,1-2H3,(H2,27,32)(H,29,31). The van der Waals surface area contributed by atoms with Crippen LogP contribution >= 0.6 is 0 Å². The van der Waals surface area contributed by atoms with Gasteiger partial charge >= 0.3 is 6.18 Å². The normalized spacial score (nSPS) is 17.3. The third-order valence-corrected chi connectivity index (χ3v) is 5.95. The van der Waals surface area contributed by atoms with Crippen molar-refractivity contribution in [2.24, 2.45) is 5.73 Å². The fourth-order valence-electron chi connectivity index (χ4n) is 4.08. The van der Waals surface area contributed by atoms with Crippen LogP contribution in [-0.2, 0) is 17.4 Å². The number of aliphatic hydroxyl groups excluding tert-OH is 1. The van der Waals surface area contributed by atoms with Gasteiger partial charge < -0.3 is 25.3 Å². The molecule has 2 unspecified atom stereocenters. The average Bonchev–Trinajstić information content (AvgIpc) is 3.32. The minimum Gasteiger partial charge on any atom is -0.486 e. The number of nitrogens with one attached hydrogen (secondary N) is 1. The number of aryl methyl sites for hydroxylation is 1. The fourth-order valence-corrected chi connectivity index (χ4v) is 4.08. The molecule has 3 aromatic rings. The molecule has 0 aliphatic heterocycles. The van der Waals surface area contributed by atoms with Crippen LogP contribution in [0.25, 0.3) is 11.0 Å². The molecule has 0 saturated carbocycles. The lowest BCUT2D eigenvalue weighted by Gasteiger charge is -2.24. The number of nitrogens with zero attached hydrogens (tertiary/aromatic N) is 1. The lowest BCUT2D eigenvalue weighted by atomic mass is 10.0. The zero-order chi connectivity index (χ0) is 24.8. The second kappa shape index (κ2) is 8.32. The zero-order valence-corrected chi connectivity index (χ0v) is 18.3. The van der Waals surface area contributed by atoms with Crippen LogP contribution in [0.1, 0.15) is 52.4 Å². The number of fused-ring (bicyclic) bond motifs is 2. The Morgan fingerprint density at radius 2 is 2.06 bits per heavy atom. The van der Waals surface area contributed by atoms with E-state index >= 15 is 0 Å². The molecule has 1 aliphatic carbocycles. The van der Waals surface area contributed by atoms with Gasteiger partial charge in [-0.2, -0.15) is 13.2 Å². The van der Waals surface area contributed by atoms with Gasteiger partial charge in [0.1, 0.15) is 34.4 Å². The number of primary amides is 1. The fraction of sp³-hybridized carbons (Fsp3) is 0.348. The molecule has 0 bridgehead atoms. The van der Waals surface area contributed by atoms with Crippen molar-refractivity contribution >= 4 is 22.8 Å². The second-order valence-corrected chi connectivity index (χ2v) is 8.37. The van der Waals surface area contributed by atoms with Gasteiger partial charge in [-0.05, 0) is 62.1 Å². The van der Waals surface area contributed by atoms with Gasteiger partial charge in [-0.1, -0.05) is 0 Å². The first-order chi connectivity index (χ1) is 15.9. The summed E-state index contributed by atoms with van der Waals surface area (Å²) in [4.78, 5) is 28.1. The molecule has 1 aromatic carbocycles. The van der Waals surface area contributed by atoms with E-state index in [2.05, 4.69) is 10.3 Å². The van der Waals surface area contributed by atoms with Crippen LogP contribution in [0.15, 0.2) is 34.9 Å². The molecule has 0 spiro atoms. The van der Waals surface area contributed by atoms with Gasteiger partial charge in [-0.15, -0.1) is 0 Å². The number of carbonyl (C=O) groups is 2. The summed E-state index contributed by atoms with van der Waals surface area (Å²) < 4.78 is 51.5. The van der Waals surface area contributed by atoms with Crippen molar-refractivity contribution in [3.63, 3.8) is 0 Å². The van der Waals surface area contributed by atoms with Crippen molar-refractivity contribution in [1.82, 2.24) is 10.3 Å². The minimum atomic E-state index is -4.55. The van der Waals surface area contributed by atoms with E-state index in [9.17, 15) is 27.9 Å². The highest BCUT2D eigenvalue weighted by Crippen LogP contribution is 2.41. The summed E-state index contributed by atoms with van der Waals surface area (Å²) in [6.45, 7) is 2.16. The molecule has 180 valence electrons. The van der Waals surface area contributed by atoms with Crippen LogP contribution in [0.3, 0.4) is 0 Å². The summed E-state index contributed by atoms with van der Waals surface area (Å²) >= 11 is 0. The molecular weight excluding hydrogens is 455 g/mol. The van der Waals surface area contributed by atoms with E-state index in [0.29, 0.717) is 28.7 Å². The number of hydrogen-bond donors (Lipinski definition) is 3. The number of furan rings is 1. The molecule has 4 rings (SSSR count). The van der Waals surface area contributed by atoms with E-state index < -0.39 is 41.9 Å². The van der Waals surface area contributed by atoms with E-state index in [1.807, 2.05) is 0 Å². The highest BCUT2D eigenvalue weighted by molar-refractivity contribution is 6.09. The number of halogens is 3. The molecule has 0 radical (unpaired) electrons. The Bertz CT molecular complexity index is 1290. The predicted molar refractivity (Wildman–Crippen MR) is 114 cm³/mol. The Kier molecular flexibility index (Phi) is 5.76. The van der Waals surface area contributed by atoms with Gasteiger partial charge in [-0.25, -0.2) is 0 Å². The molecule has 2 amide bonds. The van der Waals surface area contributed by atoms with Crippen LogP contribution in [-0.4, -0.2) is 34.1 Å². The number of nitrogens with two attached hydrogens (primary N) is 1. The van der Waals surface area contributed by atoms with Crippen molar-refractivity contribution < 1.29 is 37.0 Å². The summed E-state index contributed by atoms with van der Waals surface area (Å²) in [5.74, 6) is -1.01. The largest absolute Gasteiger partial charge is 0.486 e. The second-order valence-electron chi connectivity index (χ2n) is 8.37. The molecule has 0 saturated heterocycles. The highest BCUT2D eigenvalue weighted by Gasteiger charge is 2.39. The van der Waals surface area contributed by atoms with Crippen molar-refractivity contribution in [3.8, 4) is 5.75 Å². The number of amides is 2. The number of aliphatic hydroxyl groups is 1. The van der Waals surface area contributed by atoms with Gasteiger partial charge in [0.25, 0.3) is 5.91 Å². The SMILES string of the molecule is Cc1oc2ccc(OC3CCc4c3ccnc4C(F)(F)F)cc2c1C(=O)NC(C)(CO)C(N)=O. The lowest BCUT2D eigenvalue weighted by molar-refractivity contribution is -0.141. The van der Waals surface area contributed by atoms with Gasteiger partial charge in [0.15, 0.2) is 0 Å². The maximum absolute atomic E-state index is 13.3. The number of rotatable bonds is 6. The number of pyridine rings is 1. The summed E-state index contributed by atoms with van der Waals surface area (Å²) in [6.07, 6.45) is -3.53. The number of carbonyl (C=O) groups excluding carboxylic acids is 2. The number of alkyl halides is 3. The Balaban J connectivity index is 1.65. The first-order valence-corrected chi connectivity index (χ1v) is 10.4. The highest BCUT2D eigenvalue weighted by atomic mass is 19.4. The van der Waals surface area contributed by atoms with E-state index in [1.54, 1.807) is 25.1 Å². The number of aromatic nitrogens is 1. The first-order valence-electron chi connectivity index (χ1n) is 10.4. The number of ether oxygens (including phenoxy) is 1. The van der Waals surface area contributed by atoms with Gasteiger partial charge in [0.2, 0.25) is 5.91 Å². The maximum Gasteiger partial charge on any atom is 0.433 e. The van der Waals surface area contributed by atoms with E-state index in [4.69, 9.17) is 14.9 Å². The topological polar surface area (TPSA) is 128 Å². The maximum atomic E-state index is 13.3. The van der Waals surface area contributed by atoms with E-state index in [-0.39, 0.29) is 23.3 Å². The summed E-state index contributed by atoms with van der Waals surface area (Å²) in [6, 6.07) is 6.24. The van der Waals surface area contributed by atoms with E-state index in [0.717, 1.165) is 6.20 Å². The van der Waals surface area contributed by atoms with Crippen molar-refractivity contribution in [1.29, 1.82) is 0 Å². The predicted octanol–water partition coefficient (Wildman–Crippen LogP) is 3.19. The van der Waals surface area contributed by atoms with Gasteiger partial charge in [-0.3, -0.25) is 14.6 Å². The molecule has 11 heteroatoms. The van der Waals surface area contributed by atoms with Gasteiger partial charge in [0.05, 0.1) is 12.2 Å². The molecule has 2 aromatic heterocycles. The number of benzene rings is 1. The monoisotopic (exact) mass is 477 g/mol. The van der Waals surface area contributed by atoms with Crippen molar-refractivity contribution in [3.05, 3.63) is 58.6 Å². The Morgan fingerprint density at radius 3 is 2.71 bits per heavy atom. The molecule has 1 aliphatic rings. The minimum absolute atomic E-state index is 0.120. The first kappa shape index (κ1) is 23.6. The molecule has 4 N–H and O–H groups in total. The Morgan fingerprint density at radius 1 is 1.32 bits per heavy atom. The van der Waals surface area contributed by atoms with Crippen molar-refractivity contribution in [2.75, 3.05) is 6.61 Å². The van der Waals surface area contributed by atoms with Gasteiger partial charge in [0, 0.05) is 11.6 Å². The van der Waals surface area contributed by atoms with Crippen LogP contribution in [0, 0.1) is 6.92 Å². The molecule has 8 nitrogen and oxygen atoms in total. The van der Waals surface area contributed by atoms with Crippen LogP contribution in [0.2, 0.25) is 0 Å². The molecule has 0 fully saturated rings. The smallest absolute Gasteiger partial charge is 0.433 e. The summed E-state index contributed by atoms with van der Waals surface area (Å²) in [5.41, 5.74) is 3.74. The number of hydrogen-bond acceptors (Lipinski definition) is 6. The summed E-state index contributed by atoms with van der Waals surface area (Å²) in [7, 11) is 0. The molecule has 2 atom stereocenters. The lowest BCUT2D eigenvalue weighted by Crippen LogP contribution is -2.57. The summed E-state index contributed by atoms with van der Waals surface area (Å²) in [5, 5.41) is 12.3. The van der Waals surface area contributed by atoms with Crippen LogP contribution in [0.5, 0.6) is 5.75 Å².